The Kier molecular flexibility index (Phi) is 18.9. The van der Waals surface area contributed by atoms with Crippen LogP contribution in [0.2, 0.25) is 0 Å². The Bertz CT molecular complexity index is 1740. The van der Waals surface area contributed by atoms with Gasteiger partial charge in [-0.1, -0.05) is 61.7 Å². The predicted octanol–water partition coefficient (Wildman–Crippen LogP) is 10.0. The topological polar surface area (TPSA) is 97.4 Å². The van der Waals surface area contributed by atoms with E-state index in [0.717, 1.165) is 82.8 Å². The SMILES string of the molecule is C=CC(=O)OCCCCCCOc1ccc(Cc2ccc(CCCc3ccc(OC(=O)c4ccc(OCCCCCCOC(=O)C=C)cc4)cc3)cc2)cc1. The van der Waals surface area contributed by atoms with Crippen molar-refractivity contribution in [3.8, 4) is 17.2 Å². The van der Waals surface area contributed by atoms with Crippen LogP contribution in [0.4, 0.5) is 0 Å². The zero-order chi connectivity index (χ0) is 38.9. The minimum atomic E-state index is -0.410. The van der Waals surface area contributed by atoms with Crippen LogP contribution in [0.1, 0.15) is 90.4 Å². The van der Waals surface area contributed by atoms with Crippen molar-refractivity contribution in [2.45, 2.75) is 77.0 Å². The van der Waals surface area contributed by atoms with Crippen LogP contribution in [0.5, 0.6) is 17.2 Å². The van der Waals surface area contributed by atoms with Gasteiger partial charge in [-0.05, 0) is 148 Å². The highest BCUT2D eigenvalue weighted by Gasteiger charge is 2.10. The molecule has 8 heteroatoms. The number of aryl methyl sites for hydroxylation is 2. The fourth-order valence-corrected chi connectivity index (χ4v) is 5.80. The summed E-state index contributed by atoms with van der Waals surface area (Å²) in [6, 6.07) is 31.9. The third kappa shape index (κ3) is 16.9. The smallest absolute Gasteiger partial charge is 0.343 e. The third-order valence-electron chi connectivity index (χ3n) is 8.95. The fraction of sp³-hybridized carbons (Fsp3) is 0.340. The summed E-state index contributed by atoms with van der Waals surface area (Å²) >= 11 is 0. The van der Waals surface area contributed by atoms with E-state index in [4.69, 9.17) is 23.7 Å². The molecule has 8 nitrogen and oxygen atoms in total. The van der Waals surface area contributed by atoms with Crippen molar-refractivity contribution in [1.82, 2.24) is 0 Å². The van der Waals surface area contributed by atoms with E-state index in [1.54, 1.807) is 24.3 Å². The average molecular weight is 747 g/mol. The molecule has 0 amide bonds. The summed E-state index contributed by atoms with van der Waals surface area (Å²) in [5.74, 6) is 0.933. The third-order valence-corrected chi connectivity index (χ3v) is 8.95. The van der Waals surface area contributed by atoms with Crippen molar-refractivity contribution in [2.24, 2.45) is 0 Å². The Morgan fingerprint density at radius 3 is 1.29 bits per heavy atom. The summed E-state index contributed by atoms with van der Waals surface area (Å²) in [6.45, 7) is 8.87. The van der Waals surface area contributed by atoms with Crippen LogP contribution in [0, 0.1) is 0 Å². The first-order valence-electron chi connectivity index (χ1n) is 19.3. The molecule has 4 rings (SSSR count). The average Bonchev–Trinajstić information content (AvgIpc) is 3.21. The van der Waals surface area contributed by atoms with E-state index in [9.17, 15) is 14.4 Å². The first-order valence-corrected chi connectivity index (χ1v) is 19.3. The summed E-state index contributed by atoms with van der Waals surface area (Å²) < 4.78 is 27.2. The van der Waals surface area contributed by atoms with Crippen LogP contribution in [0.3, 0.4) is 0 Å². The minimum absolute atomic E-state index is 0.366. The van der Waals surface area contributed by atoms with Crippen LogP contribution >= 0.6 is 0 Å². The fourth-order valence-electron chi connectivity index (χ4n) is 5.80. The maximum Gasteiger partial charge on any atom is 0.343 e. The van der Waals surface area contributed by atoms with Gasteiger partial charge in [0.2, 0.25) is 0 Å². The van der Waals surface area contributed by atoms with Crippen molar-refractivity contribution in [3.05, 3.63) is 150 Å². The quantitative estimate of drug-likeness (QED) is 0.0271. The molecule has 0 bridgehead atoms. The number of rotatable bonds is 26. The number of hydrogen-bond donors (Lipinski definition) is 0. The van der Waals surface area contributed by atoms with E-state index in [0.29, 0.717) is 43.5 Å². The van der Waals surface area contributed by atoms with Gasteiger partial charge in [-0.25, -0.2) is 14.4 Å². The van der Waals surface area contributed by atoms with Gasteiger partial charge in [0.15, 0.2) is 0 Å². The zero-order valence-electron chi connectivity index (χ0n) is 31.9. The van der Waals surface area contributed by atoms with Crippen molar-refractivity contribution in [1.29, 1.82) is 0 Å². The van der Waals surface area contributed by atoms with E-state index in [2.05, 4.69) is 49.6 Å². The number of carbonyl (C=O) groups excluding carboxylic acids is 3. The molecule has 55 heavy (non-hydrogen) atoms. The van der Waals surface area contributed by atoms with E-state index >= 15 is 0 Å². The van der Waals surface area contributed by atoms with Gasteiger partial charge < -0.3 is 23.7 Å². The van der Waals surface area contributed by atoms with Crippen molar-refractivity contribution in [3.63, 3.8) is 0 Å². The highest BCUT2D eigenvalue weighted by molar-refractivity contribution is 5.91. The Hall–Kier alpha value is -5.63. The van der Waals surface area contributed by atoms with E-state index in [-0.39, 0.29) is 11.9 Å². The second kappa shape index (κ2) is 24.6. The molecule has 0 fully saturated rings. The van der Waals surface area contributed by atoms with Gasteiger partial charge in [0, 0.05) is 12.2 Å². The van der Waals surface area contributed by atoms with Crippen LogP contribution in [-0.4, -0.2) is 44.3 Å². The van der Waals surface area contributed by atoms with Gasteiger partial charge in [-0.3, -0.25) is 0 Å². The van der Waals surface area contributed by atoms with E-state index < -0.39 is 5.97 Å². The molecule has 0 aliphatic rings. The lowest BCUT2D eigenvalue weighted by Crippen LogP contribution is -2.08. The summed E-state index contributed by atoms with van der Waals surface area (Å²) in [4.78, 5) is 34.8. The molecule has 0 atom stereocenters. The maximum atomic E-state index is 12.7. The second-order valence-electron chi connectivity index (χ2n) is 13.3. The van der Waals surface area contributed by atoms with Crippen molar-refractivity contribution in [2.75, 3.05) is 26.4 Å². The van der Waals surface area contributed by atoms with Crippen molar-refractivity contribution < 1.29 is 38.1 Å². The molecule has 0 spiro atoms. The molecule has 0 aromatic heterocycles. The lowest BCUT2D eigenvalue weighted by molar-refractivity contribution is -0.138. The number of hydrogen-bond acceptors (Lipinski definition) is 8. The molecule has 0 radical (unpaired) electrons. The molecule has 4 aromatic rings. The van der Waals surface area contributed by atoms with Crippen LogP contribution < -0.4 is 14.2 Å². The molecular weight excluding hydrogens is 693 g/mol. The van der Waals surface area contributed by atoms with Crippen LogP contribution in [-0.2, 0) is 38.3 Å². The number of ether oxygens (including phenoxy) is 5. The standard InChI is InChI=1S/C47H54O8/c1-3-45(48)53-34-11-7-5-9-32-51-42-26-22-40(23-27-42)36-39-18-16-37(17-19-39)14-13-15-38-20-28-44(29-21-38)55-47(50)41-24-30-43(31-25-41)52-33-10-6-8-12-35-54-46(49)4-2/h3-4,16-31H,1-2,5-15,32-36H2. The van der Waals surface area contributed by atoms with Gasteiger partial charge in [-0.2, -0.15) is 0 Å². The number of carbonyl (C=O) groups is 3. The molecule has 290 valence electrons. The number of esters is 3. The molecule has 0 heterocycles. The zero-order valence-corrected chi connectivity index (χ0v) is 31.9. The molecular formula is C47H54O8. The summed E-state index contributed by atoms with van der Waals surface area (Å²) in [5, 5.41) is 0. The predicted molar refractivity (Wildman–Crippen MR) is 216 cm³/mol. The maximum absolute atomic E-state index is 12.7. The summed E-state index contributed by atoms with van der Waals surface area (Å²) in [6.07, 6.45) is 13.7. The first-order chi connectivity index (χ1) is 26.9. The Morgan fingerprint density at radius 1 is 0.436 bits per heavy atom. The Labute approximate surface area is 326 Å². The molecule has 0 unspecified atom stereocenters. The number of benzene rings is 4. The molecule has 4 aromatic carbocycles. The highest BCUT2D eigenvalue weighted by atomic mass is 16.5. The van der Waals surface area contributed by atoms with Crippen molar-refractivity contribution >= 4 is 17.9 Å². The van der Waals surface area contributed by atoms with Gasteiger partial charge in [0.05, 0.1) is 32.0 Å². The van der Waals surface area contributed by atoms with E-state index in [1.165, 1.54) is 34.4 Å². The molecule has 0 saturated heterocycles. The van der Waals surface area contributed by atoms with Gasteiger partial charge in [-0.15, -0.1) is 0 Å². The normalized spacial score (nSPS) is 10.6. The Morgan fingerprint density at radius 2 is 0.818 bits per heavy atom. The second-order valence-corrected chi connectivity index (χ2v) is 13.3. The number of unbranched alkanes of at least 4 members (excludes halogenated alkanes) is 6. The molecule has 0 saturated carbocycles. The van der Waals surface area contributed by atoms with Crippen LogP contribution in [0.25, 0.3) is 0 Å². The van der Waals surface area contributed by atoms with Gasteiger partial charge >= 0.3 is 17.9 Å². The van der Waals surface area contributed by atoms with Crippen LogP contribution in [0.15, 0.2) is 122 Å². The first kappa shape index (κ1) is 42.1. The van der Waals surface area contributed by atoms with Gasteiger partial charge in [0.1, 0.15) is 17.2 Å². The summed E-state index contributed by atoms with van der Waals surface area (Å²) in [5.41, 5.74) is 5.49. The molecule has 0 aliphatic heterocycles. The molecule has 0 N–H and O–H groups in total. The minimum Gasteiger partial charge on any atom is -0.494 e. The summed E-state index contributed by atoms with van der Waals surface area (Å²) in [7, 11) is 0. The lowest BCUT2D eigenvalue weighted by Gasteiger charge is -2.09. The van der Waals surface area contributed by atoms with E-state index in [1.807, 2.05) is 36.4 Å². The highest BCUT2D eigenvalue weighted by Crippen LogP contribution is 2.20. The van der Waals surface area contributed by atoms with Gasteiger partial charge in [0.25, 0.3) is 0 Å². The largest absolute Gasteiger partial charge is 0.494 e. The monoisotopic (exact) mass is 746 g/mol. The Balaban J connectivity index is 1.06. The lowest BCUT2D eigenvalue weighted by atomic mass is 10.0. The molecule has 0 aliphatic carbocycles.